The number of ether oxygens (including phenoxy) is 2. The van der Waals surface area contributed by atoms with E-state index >= 15 is 4.39 Å². The highest BCUT2D eigenvalue weighted by atomic mass is 35.5. The van der Waals surface area contributed by atoms with Gasteiger partial charge in [0.15, 0.2) is 0 Å². The van der Waals surface area contributed by atoms with E-state index < -0.39 is 40.5 Å². The van der Waals surface area contributed by atoms with Crippen molar-refractivity contribution in [2.24, 2.45) is 0 Å². The van der Waals surface area contributed by atoms with Crippen LogP contribution in [0.25, 0.3) is 10.9 Å². The van der Waals surface area contributed by atoms with Gasteiger partial charge in [0.05, 0.1) is 27.7 Å². The van der Waals surface area contributed by atoms with Gasteiger partial charge in [-0.3, -0.25) is 9.36 Å². The van der Waals surface area contributed by atoms with E-state index in [2.05, 4.69) is 5.43 Å². The van der Waals surface area contributed by atoms with Gasteiger partial charge in [-0.15, -0.1) is 0 Å². The summed E-state index contributed by atoms with van der Waals surface area (Å²) in [5.74, 6) is -0.755. The number of carbonyl (C=O) groups excluding carboxylic acids is 2. The fraction of sp³-hybridized carbons (Fsp3) is 0.615. The molecule has 13 heteroatoms. The molecule has 1 aliphatic carbocycles. The van der Waals surface area contributed by atoms with Gasteiger partial charge < -0.3 is 19.3 Å². The van der Waals surface area contributed by atoms with E-state index in [4.69, 9.17) is 21.1 Å². The number of halogens is 2. The first-order valence-corrected chi connectivity index (χ1v) is 13.3. The number of carbonyl (C=O) groups is 2. The standard InChI is InChI=1S/C26H35ClFN5O6/c1-25(2,3)38-22(35)29-33-21(34)16-12-17(28)20(18(27)19(16)32(23(33)36)14-8-9-14)31-11-10-15(13-31)30(7)24(37)39-26(4,5)6/h12,14-15H,8-11,13H2,1-7H3,(H,29,35)/t15-/m0/s1. The Balaban J connectivity index is 1.73. The van der Waals surface area contributed by atoms with Crippen LogP contribution >= 0.6 is 11.6 Å². The number of rotatable bonds is 4. The van der Waals surface area contributed by atoms with Crippen LogP contribution in [0.1, 0.15) is 66.8 Å². The number of nitrogens with one attached hydrogen (secondary N) is 1. The number of amides is 2. The first-order chi connectivity index (χ1) is 18.0. The molecule has 2 heterocycles. The molecule has 4 rings (SSSR count). The predicted molar refractivity (Wildman–Crippen MR) is 146 cm³/mol. The lowest BCUT2D eigenvalue weighted by Crippen LogP contribution is -2.48. The highest BCUT2D eigenvalue weighted by Gasteiger charge is 2.36. The lowest BCUT2D eigenvalue weighted by Gasteiger charge is -2.29. The lowest BCUT2D eigenvalue weighted by molar-refractivity contribution is 0.0237. The number of fused-ring (bicyclic) bond motifs is 1. The summed E-state index contributed by atoms with van der Waals surface area (Å²) < 4.78 is 28.1. The summed E-state index contributed by atoms with van der Waals surface area (Å²) in [5, 5.41) is -0.221. The summed E-state index contributed by atoms with van der Waals surface area (Å²) in [7, 11) is 1.63. The molecule has 0 bridgehead atoms. The summed E-state index contributed by atoms with van der Waals surface area (Å²) in [4.78, 5) is 54.8. The molecule has 2 fully saturated rings. The molecule has 1 atom stereocenters. The smallest absolute Gasteiger partial charge is 0.427 e. The first-order valence-electron chi connectivity index (χ1n) is 12.9. The quantitative estimate of drug-likeness (QED) is 0.588. The van der Waals surface area contributed by atoms with Crippen molar-refractivity contribution in [2.45, 2.75) is 84.1 Å². The van der Waals surface area contributed by atoms with Crippen LogP contribution in [-0.2, 0) is 9.47 Å². The van der Waals surface area contributed by atoms with Gasteiger partial charge >= 0.3 is 17.9 Å². The fourth-order valence-corrected chi connectivity index (χ4v) is 5.01. The highest BCUT2D eigenvalue weighted by Crippen LogP contribution is 2.41. The molecule has 1 aliphatic heterocycles. The predicted octanol–water partition coefficient (Wildman–Crippen LogP) is 4.21. The molecule has 2 aromatic rings. The van der Waals surface area contributed by atoms with Crippen molar-refractivity contribution in [3.63, 3.8) is 0 Å². The molecule has 2 aliphatic rings. The van der Waals surface area contributed by atoms with E-state index in [1.165, 1.54) is 9.47 Å². The van der Waals surface area contributed by atoms with Gasteiger partial charge in [0.1, 0.15) is 17.0 Å². The third-order valence-electron chi connectivity index (χ3n) is 6.46. The van der Waals surface area contributed by atoms with Gasteiger partial charge in [-0.1, -0.05) is 11.6 Å². The van der Waals surface area contributed by atoms with E-state index in [0.29, 0.717) is 30.5 Å². The van der Waals surface area contributed by atoms with Crippen molar-refractivity contribution < 1.29 is 23.5 Å². The average Bonchev–Trinajstić information content (AvgIpc) is 3.51. The van der Waals surface area contributed by atoms with Gasteiger partial charge in [0, 0.05) is 26.2 Å². The van der Waals surface area contributed by atoms with Gasteiger partial charge in [0.2, 0.25) is 0 Å². The third-order valence-corrected chi connectivity index (χ3v) is 6.82. The molecule has 0 spiro atoms. The molecular weight excluding hydrogens is 533 g/mol. The zero-order valence-corrected chi connectivity index (χ0v) is 24.0. The average molecular weight is 568 g/mol. The number of nitrogens with zero attached hydrogens (tertiary/aromatic N) is 4. The molecule has 1 N–H and O–H groups in total. The summed E-state index contributed by atoms with van der Waals surface area (Å²) in [6.45, 7) is 10.9. The van der Waals surface area contributed by atoms with Gasteiger partial charge in [-0.05, 0) is 66.9 Å². The number of benzene rings is 1. The Morgan fingerprint density at radius 3 is 2.26 bits per heavy atom. The Kier molecular flexibility index (Phi) is 7.39. The van der Waals surface area contributed by atoms with Crippen molar-refractivity contribution in [3.8, 4) is 0 Å². The maximum Gasteiger partial charge on any atom is 0.427 e. The number of hydrogen-bond acceptors (Lipinski definition) is 7. The minimum atomic E-state index is -0.996. The Labute approximate surface area is 230 Å². The van der Waals surface area contributed by atoms with Crippen LogP contribution in [0.3, 0.4) is 0 Å². The second-order valence-corrected chi connectivity index (χ2v) is 12.4. The second-order valence-electron chi connectivity index (χ2n) is 12.0. The summed E-state index contributed by atoms with van der Waals surface area (Å²) >= 11 is 6.76. The highest BCUT2D eigenvalue weighted by molar-refractivity contribution is 6.38. The minimum absolute atomic E-state index is 0.0512. The zero-order chi connectivity index (χ0) is 29.0. The molecule has 0 radical (unpaired) electrons. The SMILES string of the molecule is CN(C(=O)OC(C)(C)C)[C@H]1CCN(c2c(F)cc3c(=O)n(NC(=O)OC(C)(C)C)c(=O)n(C4CC4)c3c2Cl)C1. The summed E-state index contributed by atoms with van der Waals surface area (Å²) in [6.07, 6.45) is 0.383. The Morgan fingerprint density at radius 2 is 1.69 bits per heavy atom. The Hall–Kier alpha value is -3.28. The molecular formula is C26H35ClFN5O6. The van der Waals surface area contributed by atoms with Crippen LogP contribution < -0.4 is 21.6 Å². The van der Waals surface area contributed by atoms with E-state index in [-0.39, 0.29) is 40.2 Å². The fourth-order valence-electron chi connectivity index (χ4n) is 4.60. The molecule has 11 nitrogen and oxygen atoms in total. The Morgan fingerprint density at radius 1 is 1.08 bits per heavy atom. The molecule has 1 aromatic carbocycles. The van der Waals surface area contributed by atoms with Crippen molar-refractivity contribution in [3.05, 3.63) is 37.7 Å². The molecule has 1 saturated carbocycles. The van der Waals surface area contributed by atoms with Crippen LogP contribution in [0.4, 0.5) is 19.7 Å². The van der Waals surface area contributed by atoms with Crippen molar-refractivity contribution in [1.29, 1.82) is 0 Å². The molecule has 0 unspecified atom stereocenters. The van der Waals surface area contributed by atoms with Crippen molar-refractivity contribution in [2.75, 3.05) is 30.5 Å². The zero-order valence-electron chi connectivity index (χ0n) is 23.3. The van der Waals surface area contributed by atoms with Gasteiger partial charge in [-0.2, -0.15) is 4.68 Å². The molecule has 2 amide bonds. The van der Waals surface area contributed by atoms with E-state index in [1.807, 2.05) is 0 Å². The summed E-state index contributed by atoms with van der Waals surface area (Å²) in [6, 6.07) is 0.519. The monoisotopic (exact) mass is 567 g/mol. The number of hydrogen-bond donors (Lipinski definition) is 1. The number of aromatic nitrogens is 2. The maximum atomic E-state index is 15.6. The van der Waals surface area contributed by atoms with Crippen LogP contribution in [0.5, 0.6) is 0 Å². The van der Waals surface area contributed by atoms with E-state index in [9.17, 15) is 19.2 Å². The Bertz CT molecular complexity index is 1440. The second kappa shape index (κ2) is 10.0. The normalized spacial score (nSPS) is 17.9. The number of likely N-dealkylation sites (N-methyl/N-ethyl adjacent to an activating group) is 1. The maximum absolute atomic E-state index is 15.6. The topological polar surface area (TPSA) is 115 Å². The molecule has 39 heavy (non-hydrogen) atoms. The molecule has 214 valence electrons. The van der Waals surface area contributed by atoms with Crippen LogP contribution in [0.15, 0.2) is 15.7 Å². The number of anilines is 1. The van der Waals surface area contributed by atoms with Crippen molar-refractivity contribution in [1.82, 2.24) is 14.1 Å². The first kappa shape index (κ1) is 28.7. The van der Waals surface area contributed by atoms with E-state index in [0.717, 1.165) is 6.07 Å². The van der Waals surface area contributed by atoms with Crippen molar-refractivity contribution >= 4 is 40.4 Å². The third kappa shape index (κ3) is 6.00. The largest absolute Gasteiger partial charge is 0.444 e. The minimum Gasteiger partial charge on any atom is -0.444 e. The lowest BCUT2D eigenvalue weighted by atomic mass is 10.2. The van der Waals surface area contributed by atoms with Gasteiger partial charge in [0.25, 0.3) is 5.56 Å². The van der Waals surface area contributed by atoms with E-state index in [1.54, 1.807) is 53.5 Å². The summed E-state index contributed by atoms with van der Waals surface area (Å²) in [5.41, 5.74) is -0.899. The molecule has 1 aromatic heterocycles. The van der Waals surface area contributed by atoms with Crippen LogP contribution in [0, 0.1) is 5.82 Å². The molecule has 1 saturated heterocycles. The van der Waals surface area contributed by atoms with Gasteiger partial charge in [-0.25, -0.2) is 24.2 Å². The van der Waals surface area contributed by atoms with Crippen LogP contribution in [0.2, 0.25) is 5.02 Å². The van der Waals surface area contributed by atoms with Crippen LogP contribution in [-0.4, -0.2) is 63.7 Å².